The Morgan fingerprint density at radius 1 is 0.919 bits per heavy atom. The molecule has 1 N–H and O–H groups in total. The maximum Gasteiger partial charge on any atom is 0.162 e. The summed E-state index contributed by atoms with van der Waals surface area (Å²) in [6.45, 7) is 2.98. The Labute approximate surface area is 235 Å². The molecule has 0 spiro atoms. The van der Waals surface area contributed by atoms with Crippen molar-refractivity contribution in [3.63, 3.8) is 0 Å². The summed E-state index contributed by atoms with van der Waals surface area (Å²) in [7, 11) is 0. The highest BCUT2D eigenvalue weighted by Gasteiger charge is 2.30. The Bertz CT molecular complexity index is 1650. The second-order valence-electron chi connectivity index (χ2n) is 9.32. The predicted molar refractivity (Wildman–Crippen MR) is 159 cm³/mol. The molecular formula is C29H23Cl3N4S. The topological polar surface area (TPSA) is 34.3 Å². The van der Waals surface area contributed by atoms with Crippen molar-refractivity contribution in [1.82, 2.24) is 14.2 Å². The molecule has 0 unspecified atom stereocenters. The van der Waals surface area contributed by atoms with E-state index in [-0.39, 0.29) is 0 Å². The third-order valence-corrected chi connectivity index (χ3v) is 7.91. The molecule has 0 saturated heterocycles. The van der Waals surface area contributed by atoms with Crippen molar-refractivity contribution in [3.8, 4) is 22.5 Å². The molecule has 37 heavy (non-hydrogen) atoms. The fourth-order valence-corrected chi connectivity index (χ4v) is 6.01. The number of halogens is 3. The second-order valence-corrected chi connectivity index (χ2v) is 11.0. The molecule has 0 aliphatic carbocycles. The van der Waals surface area contributed by atoms with Gasteiger partial charge in [0, 0.05) is 49.6 Å². The minimum absolute atomic E-state index is 0.560. The molecular weight excluding hydrogens is 543 g/mol. The van der Waals surface area contributed by atoms with Crippen LogP contribution in [0.4, 0.5) is 5.69 Å². The van der Waals surface area contributed by atoms with Gasteiger partial charge in [0.05, 0.1) is 0 Å². The molecule has 186 valence electrons. The van der Waals surface area contributed by atoms with Crippen LogP contribution in [0.15, 0.2) is 66.7 Å². The first-order valence-corrected chi connectivity index (χ1v) is 13.7. The minimum Gasteiger partial charge on any atom is -0.345 e. The van der Waals surface area contributed by atoms with Crippen LogP contribution in [0.5, 0.6) is 0 Å². The number of hydrogen-bond acceptors (Lipinski definition) is 2. The van der Waals surface area contributed by atoms with Crippen LogP contribution < -0.4 is 5.32 Å². The molecule has 6 rings (SSSR count). The van der Waals surface area contributed by atoms with Crippen LogP contribution in [-0.4, -0.2) is 19.2 Å². The van der Waals surface area contributed by atoms with E-state index in [1.165, 1.54) is 11.1 Å². The van der Waals surface area contributed by atoms with Gasteiger partial charge in [-0.15, -0.1) is 5.10 Å². The lowest BCUT2D eigenvalue weighted by Crippen LogP contribution is -2.15. The van der Waals surface area contributed by atoms with Crippen molar-refractivity contribution < 1.29 is 0 Å². The SMILES string of the molecule is Cc1ccc(-c2nn3c(C(=S)Nc4ccc(Cl)cc4)c(-c4ccc(Cl)cc4Cl)c4c3n2CCCC4)cc1. The van der Waals surface area contributed by atoms with Crippen LogP contribution in [0.25, 0.3) is 28.2 Å². The van der Waals surface area contributed by atoms with E-state index in [2.05, 4.69) is 41.1 Å². The number of anilines is 1. The molecule has 0 atom stereocenters. The van der Waals surface area contributed by atoms with E-state index in [1.807, 2.05) is 40.9 Å². The lowest BCUT2D eigenvalue weighted by atomic mass is 9.98. The summed E-state index contributed by atoms with van der Waals surface area (Å²) in [5.74, 6) is 0.933. The fourth-order valence-electron chi connectivity index (χ4n) is 5.07. The van der Waals surface area contributed by atoms with Gasteiger partial charge in [-0.25, -0.2) is 4.52 Å². The zero-order valence-corrected chi connectivity index (χ0v) is 23.1. The predicted octanol–water partition coefficient (Wildman–Crippen LogP) is 8.86. The highest BCUT2D eigenvalue weighted by molar-refractivity contribution is 7.81. The molecule has 0 bridgehead atoms. The van der Waals surface area contributed by atoms with Gasteiger partial charge in [0.1, 0.15) is 16.3 Å². The molecule has 1 aliphatic heterocycles. The van der Waals surface area contributed by atoms with Gasteiger partial charge in [0.15, 0.2) is 5.82 Å². The van der Waals surface area contributed by atoms with E-state index < -0.39 is 0 Å². The first-order chi connectivity index (χ1) is 17.9. The third kappa shape index (κ3) is 4.44. The summed E-state index contributed by atoms with van der Waals surface area (Å²) in [5.41, 5.74) is 8.11. The first-order valence-electron chi connectivity index (χ1n) is 12.1. The molecule has 5 aromatic rings. The Morgan fingerprint density at radius 2 is 1.65 bits per heavy atom. The van der Waals surface area contributed by atoms with Crippen molar-refractivity contribution in [2.45, 2.75) is 32.7 Å². The maximum absolute atomic E-state index is 6.78. The maximum atomic E-state index is 6.78. The molecule has 8 heteroatoms. The summed E-state index contributed by atoms with van der Waals surface area (Å²) in [5, 5.41) is 10.4. The molecule has 0 amide bonds. The summed E-state index contributed by atoms with van der Waals surface area (Å²) in [6, 6.07) is 21.6. The average molecular weight is 566 g/mol. The molecule has 0 saturated carbocycles. The van der Waals surface area contributed by atoms with Gasteiger partial charge >= 0.3 is 0 Å². The molecule has 3 heterocycles. The summed E-state index contributed by atoms with van der Waals surface area (Å²) in [6.07, 6.45) is 3.03. The van der Waals surface area contributed by atoms with E-state index in [9.17, 15) is 0 Å². The Balaban J connectivity index is 1.62. The number of thiocarbonyl (C=S) groups is 1. The Hall–Kier alpha value is -2.83. The van der Waals surface area contributed by atoms with Gasteiger partial charge in [0.25, 0.3) is 0 Å². The van der Waals surface area contributed by atoms with Crippen molar-refractivity contribution >= 4 is 63.3 Å². The number of aromatic nitrogens is 3. The molecule has 3 aromatic carbocycles. The standard InChI is InChI=1S/C29H23Cl3N4S/c1-17-5-7-18(8-6-17)27-34-36-26(28(37)33-21-12-9-19(30)10-13-21)25(22-14-11-20(31)16-24(22)32)23-4-2-3-15-35(27)29(23)36/h5-14,16H,2-4,15H2,1H3,(H,33,37). The zero-order valence-electron chi connectivity index (χ0n) is 20.1. The fraction of sp³-hybridized carbons (Fsp3) is 0.172. The number of rotatable bonds is 4. The van der Waals surface area contributed by atoms with Gasteiger partial charge in [-0.3, -0.25) is 0 Å². The Kier molecular flexibility index (Phi) is 6.49. The molecule has 0 fully saturated rings. The molecule has 0 radical (unpaired) electrons. The molecule has 2 aromatic heterocycles. The highest BCUT2D eigenvalue weighted by Crippen LogP contribution is 2.41. The summed E-state index contributed by atoms with van der Waals surface area (Å²) in [4.78, 5) is 0.560. The van der Waals surface area contributed by atoms with Gasteiger partial charge in [-0.1, -0.05) is 82.9 Å². The normalized spacial score (nSPS) is 13.1. The number of benzene rings is 3. The monoisotopic (exact) mass is 564 g/mol. The minimum atomic E-state index is 0.560. The number of nitrogens with zero attached hydrogens (tertiary/aromatic N) is 3. The quantitative estimate of drug-likeness (QED) is 0.221. The molecule has 4 nitrogen and oxygen atoms in total. The summed E-state index contributed by atoms with van der Waals surface area (Å²) >= 11 is 25.2. The average Bonchev–Trinajstić information content (AvgIpc) is 3.28. The second kappa shape index (κ2) is 9.80. The summed E-state index contributed by atoms with van der Waals surface area (Å²) < 4.78 is 4.33. The van der Waals surface area contributed by atoms with Gasteiger partial charge < -0.3 is 9.88 Å². The van der Waals surface area contributed by atoms with Crippen molar-refractivity contribution in [2.24, 2.45) is 0 Å². The van der Waals surface area contributed by atoms with E-state index >= 15 is 0 Å². The van der Waals surface area contributed by atoms with Gasteiger partial charge in [0.2, 0.25) is 0 Å². The van der Waals surface area contributed by atoms with Gasteiger partial charge in [-0.05, 0) is 62.6 Å². The van der Waals surface area contributed by atoms with Crippen LogP contribution in [-0.2, 0) is 13.0 Å². The largest absolute Gasteiger partial charge is 0.345 e. The number of nitrogens with one attached hydrogen (secondary N) is 1. The smallest absolute Gasteiger partial charge is 0.162 e. The highest BCUT2D eigenvalue weighted by atomic mass is 35.5. The van der Waals surface area contributed by atoms with Crippen LogP contribution in [0, 0.1) is 6.92 Å². The Morgan fingerprint density at radius 3 is 2.38 bits per heavy atom. The van der Waals surface area contributed by atoms with E-state index in [1.54, 1.807) is 6.07 Å². The van der Waals surface area contributed by atoms with Crippen LogP contribution in [0.3, 0.4) is 0 Å². The molecule has 1 aliphatic rings. The lowest BCUT2D eigenvalue weighted by Gasteiger charge is -2.13. The van der Waals surface area contributed by atoms with Crippen LogP contribution in [0.2, 0.25) is 15.1 Å². The number of aryl methyl sites for hydroxylation is 3. The zero-order chi connectivity index (χ0) is 25.7. The van der Waals surface area contributed by atoms with Crippen molar-refractivity contribution in [2.75, 3.05) is 5.32 Å². The van der Waals surface area contributed by atoms with Gasteiger partial charge in [-0.2, -0.15) is 0 Å². The third-order valence-electron chi connectivity index (χ3n) is 6.81. The van der Waals surface area contributed by atoms with Crippen molar-refractivity contribution in [1.29, 1.82) is 0 Å². The van der Waals surface area contributed by atoms with Crippen LogP contribution in [0.1, 0.15) is 29.7 Å². The number of hydrogen-bond donors (Lipinski definition) is 1. The van der Waals surface area contributed by atoms with E-state index in [4.69, 9.17) is 52.1 Å². The lowest BCUT2D eigenvalue weighted by molar-refractivity contribution is 0.645. The van der Waals surface area contributed by atoms with E-state index in [0.717, 1.165) is 65.4 Å². The van der Waals surface area contributed by atoms with Crippen LogP contribution >= 0.6 is 47.0 Å². The van der Waals surface area contributed by atoms with E-state index in [0.29, 0.717) is 20.1 Å². The van der Waals surface area contributed by atoms with Crippen molar-refractivity contribution in [3.05, 3.63) is 98.6 Å². The first kappa shape index (κ1) is 24.5.